The zero-order valence-corrected chi connectivity index (χ0v) is 11.9. The molecule has 0 aliphatic carbocycles. The van der Waals surface area contributed by atoms with E-state index < -0.39 is 0 Å². The molecule has 0 saturated heterocycles. The van der Waals surface area contributed by atoms with Crippen molar-refractivity contribution in [2.75, 3.05) is 7.05 Å². The van der Waals surface area contributed by atoms with Crippen LogP contribution in [0.2, 0.25) is 5.02 Å². The summed E-state index contributed by atoms with van der Waals surface area (Å²) in [7, 11) is 1.93. The van der Waals surface area contributed by atoms with Crippen molar-refractivity contribution in [3.8, 4) is 5.75 Å². The van der Waals surface area contributed by atoms with Gasteiger partial charge in [0.2, 0.25) is 0 Å². The largest absolute Gasteiger partial charge is 0.486 e. The number of nitrogens with zero attached hydrogens (tertiary/aromatic N) is 1. The standard InChI is InChI=1S/C13H15ClN2OS/c1-9-12(7-15-2)18-13(16-9)8-17-11-5-3-10(14)4-6-11/h3-6,15H,7-8H2,1-2H3. The topological polar surface area (TPSA) is 34.1 Å². The lowest BCUT2D eigenvalue weighted by Gasteiger charge is -2.03. The molecular formula is C13H15ClN2OS. The van der Waals surface area contributed by atoms with Crippen LogP contribution < -0.4 is 10.1 Å². The van der Waals surface area contributed by atoms with Crippen LogP contribution in [0.3, 0.4) is 0 Å². The molecule has 1 aromatic carbocycles. The first-order chi connectivity index (χ1) is 8.69. The van der Waals surface area contributed by atoms with E-state index in [2.05, 4.69) is 10.3 Å². The van der Waals surface area contributed by atoms with Gasteiger partial charge in [0.1, 0.15) is 17.4 Å². The molecule has 0 saturated carbocycles. The summed E-state index contributed by atoms with van der Waals surface area (Å²) in [6.07, 6.45) is 0. The lowest BCUT2D eigenvalue weighted by Crippen LogP contribution is -2.04. The zero-order valence-electron chi connectivity index (χ0n) is 10.4. The number of hydrogen-bond acceptors (Lipinski definition) is 4. The molecule has 0 amide bonds. The second-order valence-corrected chi connectivity index (χ2v) is 5.49. The minimum atomic E-state index is 0.497. The molecule has 2 aromatic rings. The van der Waals surface area contributed by atoms with Gasteiger partial charge in [0.25, 0.3) is 0 Å². The molecule has 0 fully saturated rings. The third kappa shape index (κ3) is 3.45. The molecule has 18 heavy (non-hydrogen) atoms. The number of halogens is 1. The Bertz CT molecular complexity index is 510. The highest BCUT2D eigenvalue weighted by Crippen LogP contribution is 2.21. The molecule has 1 N–H and O–H groups in total. The zero-order chi connectivity index (χ0) is 13.0. The van der Waals surface area contributed by atoms with Crippen LogP contribution in [-0.2, 0) is 13.2 Å². The van der Waals surface area contributed by atoms with E-state index in [9.17, 15) is 0 Å². The predicted molar refractivity (Wildman–Crippen MR) is 75.4 cm³/mol. The number of hydrogen-bond donors (Lipinski definition) is 1. The average molecular weight is 283 g/mol. The molecule has 0 unspecified atom stereocenters. The molecule has 2 rings (SSSR count). The van der Waals surface area contributed by atoms with Crippen LogP contribution in [0.5, 0.6) is 5.75 Å². The molecular weight excluding hydrogens is 268 g/mol. The molecule has 5 heteroatoms. The maximum absolute atomic E-state index is 5.81. The Morgan fingerprint density at radius 2 is 2.06 bits per heavy atom. The maximum Gasteiger partial charge on any atom is 0.140 e. The molecule has 0 bridgehead atoms. The first-order valence-electron chi connectivity index (χ1n) is 5.67. The lowest BCUT2D eigenvalue weighted by atomic mass is 10.3. The van der Waals surface area contributed by atoms with Gasteiger partial charge in [0.05, 0.1) is 5.69 Å². The number of nitrogens with one attached hydrogen (secondary N) is 1. The van der Waals surface area contributed by atoms with Crippen molar-refractivity contribution in [3.05, 3.63) is 44.9 Å². The highest BCUT2D eigenvalue weighted by Gasteiger charge is 2.07. The summed E-state index contributed by atoms with van der Waals surface area (Å²) in [5, 5.41) is 4.84. The summed E-state index contributed by atoms with van der Waals surface area (Å²) in [4.78, 5) is 5.75. The minimum Gasteiger partial charge on any atom is -0.486 e. The molecule has 3 nitrogen and oxygen atoms in total. The van der Waals surface area contributed by atoms with Gasteiger partial charge >= 0.3 is 0 Å². The second-order valence-electron chi connectivity index (χ2n) is 3.89. The SMILES string of the molecule is CNCc1sc(COc2ccc(Cl)cc2)nc1C. The van der Waals surface area contributed by atoms with E-state index in [0.717, 1.165) is 23.0 Å². The highest BCUT2D eigenvalue weighted by atomic mass is 35.5. The normalized spacial score (nSPS) is 10.6. The fraction of sp³-hybridized carbons (Fsp3) is 0.308. The van der Waals surface area contributed by atoms with Gasteiger partial charge in [-0.3, -0.25) is 0 Å². The maximum atomic E-state index is 5.81. The van der Waals surface area contributed by atoms with Crippen LogP contribution in [0.4, 0.5) is 0 Å². The Hall–Kier alpha value is -1.10. The number of thiazole rings is 1. The number of aryl methyl sites for hydroxylation is 1. The van der Waals surface area contributed by atoms with Crippen molar-refractivity contribution >= 4 is 22.9 Å². The summed E-state index contributed by atoms with van der Waals surface area (Å²) in [6, 6.07) is 7.35. The summed E-state index contributed by atoms with van der Waals surface area (Å²) >= 11 is 7.50. The van der Waals surface area contributed by atoms with Gasteiger partial charge in [0.15, 0.2) is 0 Å². The van der Waals surface area contributed by atoms with Crippen molar-refractivity contribution in [3.63, 3.8) is 0 Å². The van der Waals surface area contributed by atoms with E-state index in [1.54, 1.807) is 11.3 Å². The minimum absolute atomic E-state index is 0.497. The Morgan fingerprint density at radius 1 is 1.33 bits per heavy atom. The van der Waals surface area contributed by atoms with E-state index in [0.29, 0.717) is 11.6 Å². The smallest absolute Gasteiger partial charge is 0.140 e. The fourth-order valence-electron chi connectivity index (χ4n) is 1.55. The van der Waals surface area contributed by atoms with Crippen LogP contribution in [-0.4, -0.2) is 12.0 Å². The average Bonchev–Trinajstić information content (AvgIpc) is 2.70. The Kier molecular flexibility index (Phi) is 4.58. The Labute approximate surface area is 116 Å². The van der Waals surface area contributed by atoms with Gasteiger partial charge < -0.3 is 10.1 Å². The molecule has 1 aromatic heterocycles. The van der Waals surface area contributed by atoms with Gasteiger partial charge in [-0.05, 0) is 38.2 Å². The van der Waals surface area contributed by atoms with Crippen molar-refractivity contribution < 1.29 is 4.74 Å². The van der Waals surface area contributed by atoms with Crippen LogP contribution >= 0.6 is 22.9 Å². The molecule has 0 spiro atoms. The van der Waals surface area contributed by atoms with E-state index >= 15 is 0 Å². The van der Waals surface area contributed by atoms with Crippen molar-refractivity contribution in [1.29, 1.82) is 0 Å². The predicted octanol–water partition coefficient (Wildman–Crippen LogP) is 3.40. The number of benzene rings is 1. The van der Waals surface area contributed by atoms with Crippen molar-refractivity contribution in [2.24, 2.45) is 0 Å². The van der Waals surface area contributed by atoms with Crippen LogP contribution in [0.15, 0.2) is 24.3 Å². The van der Waals surface area contributed by atoms with Crippen LogP contribution in [0.1, 0.15) is 15.6 Å². The first kappa shape index (κ1) is 13.3. The van der Waals surface area contributed by atoms with E-state index in [-0.39, 0.29) is 0 Å². The van der Waals surface area contributed by atoms with E-state index in [1.165, 1.54) is 4.88 Å². The second kappa shape index (κ2) is 6.18. The Balaban J connectivity index is 1.97. The van der Waals surface area contributed by atoms with Crippen molar-refractivity contribution in [1.82, 2.24) is 10.3 Å². The highest BCUT2D eigenvalue weighted by molar-refractivity contribution is 7.11. The third-order valence-corrected chi connectivity index (χ3v) is 3.83. The summed E-state index contributed by atoms with van der Waals surface area (Å²) in [5.41, 5.74) is 1.07. The van der Waals surface area contributed by atoms with Gasteiger partial charge in [0, 0.05) is 16.4 Å². The van der Waals surface area contributed by atoms with Crippen molar-refractivity contribution in [2.45, 2.75) is 20.1 Å². The molecule has 0 radical (unpaired) electrons. The van der Waals surface area contributed by atoms with Crippen LogP contribution in [0.25, 0.3) is 0 Å². The number of aromatic nitrogens is 1. The van der Waals surface area contributed by atoms with Gasteiger partial charge in [-0.1, -0.05) is 11.6 Å². The molecule has 0 aliphatic rings. The first-order valence-corrected chi connectivity index (χ1v) is 6.86. The summed E-state index contributed by atoms with van der Waals surface area (Å²) < 4.78 is 5.66. The number of ether oxygens (including phenoxy) is 1. The van der Waals surface area contributed by atoms with Gasteiger partial charge in [-0.15, -0.1) is 11.3 Å². The molecule has 1 heterocycles. The van der Waals surface area contributed by atoms with Gasteiger partial charge in [-0.25, -0.2) is 4.98 Å². The molecule has 0 aliphatic heterocycles. The van der Waals surface area contributed by atoms with Crippen LogP contribution in [0, 0.1) is 6.92 Å². The monoisotopic (exact) mass is 282 g/mol. The fourth-order valence-corrected chi connectivity index (χ4v) is 2.67. The number of rotatable bonds is 5. The van der Waals surface area contributed by atoms with E-state index in [4.69, 9.17) is 16.3 Å². The third-order valence-electron chi connectivity index (χ3n) is 2.45. The summed E-state index contributed by atoms with van der Waals surface area (Å²) in [5.74, 6) is 0.808. The van der Waals surface area contributed by atoms with E-state index in [1.807, 2.05) is 38.2 Å². The molecule has 0 atom stereocenters. The lowest BCUT2D eigenvalue weighted by molar-refractivity contribution is 0.305. The summed E-state index contributed by atoms with van der Waals surface area (Å²) in [6.45, 7) is 3.37. The quantitative estimate of drug-likeness (QED) is 0.913. The Morgan fingerprint density at radius 3 is 2.72 bits per heavy atom. The molecule has 96 valence electrons. The van der Waals surface area contributed by atoms with Gasteiger partial charge in [-0.2, -0.15) is 0 Å².